The minimum absolute atomic E-state index is 0.0224. The maximum atomic E-state index is 16.6. The first-order valence-electron chi connectivity index (χ1n) is 44.5. The summed E-state index contributed by atoms with van der Waals surface area (Å²) in [5.41, 5.74) is 13.3. The lowest BCUT2D eigenvalue weighted by atomic mass is 9.93. The van der Waals surface area contributed by atoms with E-state index in [1.165, 1.54) is 353 Å². The van der Waals surface area contributed by atoms with Crippen molar-refractivity contribution in [2.24, 2.45) is 11.8 Å². The number of aryl methyl sites for hydroxylation is 4. The molecule has 2 aliphatic heterocycles. The zero-order valence-electron chi connectivity index (χ0n) is 68.2. The fourth-order valence-electron chi connectivity index (χ4n) is 16.8. The van der Waals surface area contributed by atoms with Gasteiger partial charge in [0, 0.05) is 53.5 Å². The Kier molecular flexibility index (Phi) is 42.4. The Labute approximate surface area is 681 Å². The number of fused-ring (bicyclic) bond motifs is 2. The number of thiophene rings is 4. The van der Waals surface area contributed by atoms with Gasteiger partial charge in [0.1, 0.15) is 0 Å². The normalized spacial score (nSPS) is 14.3. The summed E-state index contributed by atoms with van der Waals surface area (Å²) >= 11 is 16.0. The SMILES string of the molecule is CCCCCCCCc1cc(-c2sc(-c3ccc4c(c3)N(CC(CCCCCC)CCCCCCCC)C(=O)C4=C3C(=O)N(CC(CCCCCC)CCCCCCCC)c4cc(-c5cc(CCCCCCCC)c(-c6cc(CCCCCCCC)c(Br)s6)s5)ccc43)cc2CCCCCCCC)sc1Br. The Morgan fingerprint density at radius 3 is 0.849 bits per heavy atom. The number of carbonyl (C=O) groups excluding carboxylic acids is 2. The van der Waals surface area contributed by atoms with Gasteiger partial charge in [0.05, 0.1) is 30.1 Å². The van der Waals surface area contributed by atoms with Gasteiger partial charge >= 0.3 is 0 Å². The van der Waals surface area contributed by atoms with Gasteiger partial charge < -0.3 is 9.80 Å². The Morgan fingerprint density at radius 1 is 0.292 bits per heavy atom. The molecule has 2 aromatic carbocycles. The minimum atomic E-state index is 0.0224. The second-order valence-corrected chi connectivity index (χ2v) is 39.3. The van der Waals surface area contributed by atoms with Crippen LogP contribution in [-0.4, -0.2) is 24.9 Å². The van der Waals surface area contributed by atoms with E-state index < -0.39 is 0 Å². The number of nitrogens with zero attached hydrogens (tertiary/aromatic N) is 2. The van der Waals surface area contributed by atoms with Crippen molar-refractivity contribution in [2.45, 2.75) is 389 Å². The van der Waals surface area contributed by atoms with E-state index in [0.717, 1.165) is 73.9 Å². The predicted octanol–water partition coefficient (Wildman–Crippen LogP) is 34.0. The van der Waals surface area contributed by atoms with E-state index in [4.69, 9.17) is 0 Å². The highest BCUT2D eigenvalue weighted by molar-refractivity contribution is 9.11. The van der Waals surface area contributed by atoms with Crippen LogP contribution in [0, 0.1) is 11.8 Å². The van der Waals surface area contributed by atoms with E-state index in [1.807, 2.05) is 45.3 Å². The number of anilines is 2. The molecule has 4 nitrogen and oxygen atoms in total. The predicted molar refractivity (Wildman–Crippen MR) is 482 cm³/mol. The first kappa shape index (κ1) is 88.4. The van der Waals surface area contributed by atoms with Crippen LogP contribution in [0.2, 0.25) is 0 Å². The molecular weight excluding hydrogens is 1500 g/mol. The van der Waals surface area contributed by atoms with Gasteiger partial charge in [-0.25, -0.2) is 0 Å². The molecule has 8 rings (SSSR count). The maximum Gasteiger partial charge on any atom is 0.259 e. The molecule has 10 heteroatoms. The first-order valence-corrected chi connectivity index (χ1v) is 49.4. The van der Waals surface area contributed by atoms with E-state index in [2.05, 4.69) is 158 Å². The van der Waals surface area contributed by atoms with E-state index in [1.54, 1.807) is 0 Å². The summed E-state index contributed by atoms with van der Waals surface area (Å²) in [6.45, 7) is 19.9. The number of unbranched alkanes of at least 4 members (excludes halogenated alkanes) is 36. The molecule has 6 aromatic rings. The molecule has 0 spiro atoms. The number of halogens is 2. The number of amides is 2. The van der Waals surface area contributed by atoms with Gasteiger partial charge in [-0.3, -0.25) is 9.59 Å². The highest BCUT2D eigenvalue weighted by atomic mass is 79.9. The molecule has 0 saturated carbocycles. The van der Waals surface area contributed by atoms with E-state index >= 15 is 9.59 Å². The Morgan fingerprint density at radius 2 is 0.547 bits per heavy atom. The van der Waals surface area contributed by atoms with E-state index in [-0.39, 0.29) is 11.8 Å². The number of carbonyl (C=O) groups is 2. The van der Waals surface area contributed by atoms with Crippen LogP contribution in [0.3, 0.4) is 0 Å². The van der Waals surface area contributed by atoms with Crippen molar-refractivity contribution < 1.29 is 9.59 Å². The van der Waals surface area contributed by atoms with Gasteiger partial charge in [-0.1, -0.05) is 336 Å². The minimum Gasteiger partial charge on any atom is -0.307 e. The van der Waals surface area contributed by atoms with Crippen molar-refractivity contribution in [1.82, 2.24) is 0 Å². The summed E-state index contributed by atoms with van der Waals surface area (Å²) in [4.78, 5) is 45.7. The van der Waals surface area contributed by atoms with E-state index in [0.29, 0.717) is 36.1 Å². The topological polar surface area (TPSA) is 40.6 Å². The molecule has 0 N–H and O–H groups in total. The molecule has 106 heavy (non-hydrogen) atoms. The van der Waals surface area contributed by atoms with Crippen LogP contribution in [0.25, 0.3) is 51.5 Å². The summed E-state index contributed by atoms with van der Waals surface area (Å²) in [7, 11) is 0. The van der Waals surface area contributed by atoms with Crippen molar-refractivity contribution in [3.05, 3.63) is 102 Å². The Hall–Kier alpha value is -3.12. The second kappa shape index (κ2) is 50.8. The summed E-state index contributed by atoms with van der Waals surface area (Å²) < 4.78 is 2.58. The number of hydrogen-bond donors (Lipinski definition) is 0. The van der Waals surface area contributed by atoms with Crippen LogP contribution in [-0.2, 0) is 35.3 Å². The fraction of sp³-hybridized carbons (Fsp3) is 0.667. The maximum absolute atomic E-state index is 16.6. The van der Waals surface area contributed by atoms with Crippen molar-refractivity contribution in [2.75, 3.05) is 22.9 Å². The van der Waals surface area contributed by atoms with Crippen LogP contribution >= 0.6 is 77.2 Å². The quantitative estimate of drug-likeness (QED) is 0.0282. The molecule has 6 heterocycles. The zero-order valence-corrected chi connectivity index (χ0v) is 74.6. The van der Waals surface area contributed by atoms with Crippen LogP contribution in [0.5, 0.6) is 0 Å². The number of benzene rings is 2. The molecule has 0 bridgehead atoms. The Balaban J connectivity index is 1.26. The second-order valence-electron chi connectivity index (χ2n) is 32.4. The van der Waals surface area contributed by atoms with Gasteiger partial charge in [0.2, 0.25) is 0 Å². The molecule has 2 aliphatic rings. The standard InChI is InChI=1S/C96H144Br2N2O2S4/c1-9-17-25-33-39-47-55-73(53-45-31-23-15-7)71-99-83-65-75(85-67-77(57-49-41-35-27-19-11-3)91(103-85)87-69-79(93(97)105-87)59-51-43-37-29-21-13-5)61-63-81(83)89(95(99)101)90-82-64-62-76(66-84(82)100(96(90)102)72-74(54-46-32-24-16-8)56-48-40-34-26-18-10-2)86-68-78(58-50-42-36-28-20-12-4)92(104-86)88-70-80(94(98)106-88)60-52-44-38-30-22-14-6/h61-70,73-74H,9-60,71-72H2,1-8H3. The molecule has 0 aliphatic carbocycles. The Bertz CT molecular complexity index is 3280. The van der Waals surface area contributed by atoms with E-state index in [9.17, 15) is 0 Å². The largest absolute Gasteiger partial charge is 0.307 e. The van der Waals surface area contributed by atoms with Gasteiger partial charge in [-0.15, -0.1) is 45.3 Å². The van der Waals surface area contributed by atoms with Crippen LogP contribution in [0.4, 0.5) is 11.4 Å². The molecular formula is C96H144Br2N2O2S4. The zero-order chi connectivity index (χ0) is 75.1. The van der Waals surface area contributed by atoms with Crippen LogP contribution in [0.15, 0.2) is 68.2 Å². The van der Waals surface area contributed by atoms with Gasteiger partial charge in [0.15, 0.2) is 0 Å². The molecule has 588 valence electrons. The third-order valence-corrected chi connectivity index (χ3v) is 30.1. The molecule has 0 fully saturated rings. The lowest BCUT2D eigenvalue weighted by molar-refractivity contribution is -0.114. The average Bonchev–Trinajstić information content (AvgIpc) is 1.57. The highest BCUT2D eigenvalue weighted by Crippen LogP contribution is 2.53. The van der Waals surface area contributed by atoms with Crippen molar-refractivity contribution in [3.63, 3.8) is 0 Å². The van der Waals surface area contributed by atoms with Crippen molar-refractivity contribution in [3.8, 4) is 40.4 Å². The summed E-state index contributed by atoms with van der Waals surface area (Å²) in [5.74, 6) is 0.791. The average molecular weight is 1650 g/mol. The molecule has 4 aromatic heterocycles. The monoisotopic (exact) mass is 1640 g/mol. The number of hydrogen-bond acceptors (Lipinski definition) is 6. The van der Waals surface area contributed by atoms with Gasteiger partial charge in [-0.05, 0) is 191 Å². The third kappa shape index (κ3) is 27.6. The summed E-state index contributed by atoms with van der Waals surface area (Å²) in [6, 6.07) is 24.1. The van der Waals surface area contributed by atoms with Gasteiger partial charge in [-0.2, -0.15) is 0 Å². The molecule has 0 radical (unpaired) electrons. The molecule has 0 saturated heterocycles. The van der Waals surface area contributed by atoms with Gasteiger partial charge in [0.25, 0.3) is 11.8 Å². The third-order valence-electron chi connectivity index (χ3n) is 23.4. The molecule has 2 atom stereocenters. The number of rotatable bonds is 60. The van der Waals surface area contributed by atoms with Crippen LogP contribution in [0.1, 0.15) is 397 Å². The van der Waals surface area contributed by atoms with Crippen LogP contribution < -0.4 is 9.80 Å². The summed E-state index contributed by atoms with van der Waals surface area (Å²) in [5, 5.41) is 0. The van der Waals surface area contributed by atoms with Crippen molar-refractivity contribution in [1.29, 1.82) is 0 Å². The lowest BCUT2D eigenvalue weighted by Gasteiger charge is -2.25. The fourth-order valence-corrected chi connectivity index (χ4v) is 23.0. The van der Waals surface area contributed by atoms with Crippen molar-refractivity contribution >= 4 is 112 Å². The molecule has 2 unspecified atom stereocenters. The lowest BCUT2D eigenvalue weighted by Crippen LogP contribution is -2.34. The summed E-state index contributed by atoms with van der Waals surface area (Å²) in [6.07, 6.45) is 64.8. The smallest absolute Gasteiger partial charge is 0.259 e. The molecule has 2 amide bonds. The highest BCUT2D eigenvalue weighted by Gasteiger charge is 2.44. The first-order chi connectivity index (χ1) is 52.0.